The molecule has 0 saturated carbocycles. The van der Waals surface area contributed by atoms with Gasteiger partial charge in [0.05, 0.1) is 13.0 Å². The van der Waals surface area contributed by atoms with E-state index in [0.717, 1.165) is 0 Å². The molecule has 0 radical (unpaired) electrons. The molecule has 1 unspecified atom stereocenters. The number of rotatable bonds is 14. The van der Waals surface area contributed by atoms with Gasteiger partial charge in [0, 0.05) is 39.3 Å². The maximum Gasteiger partial charge on any atom is 0.321 e. The van der Waals surface area contributed by atoms with Crippen LogP contribution >= 0.6 is 0 Å². The van der Waals surface area contributed by atoms with E-state index in [2.05, 4.69) is 16.0 Å². The second-order valence-corrected chi connectivity index (χ2v) is 4.94. The Morgan fingerprint density at radius 1 is 0.957 bits per heavy atom. The third kappa shape index (κ3) is 10.6. The van der Waals surface area contributed by atoms with Gasteiger partial charge in [0.2, 0.25) is 5.91 Å². The molecule has 1 amide bonds. The number of aliphatic carboxylic acids is 2. The van der Waals surface area contributed by atoms with Crippen molar-refractivity contribution in [1.82, 2.24) is 20.9 Å². The van der Waals surface area contributed by atoms with Gasteiger partial charge in [-0.3, -0.25) is 14.4 Å². The number of hydrogen-bond donors (Lipinski definition) is 5. The van der Waals surface area contributed by atoms with Crippen molar-refractivity contribution in [3.8, 4) is 0 Å². The Morgan fingerprint density at radius 2 is 1.52 bits per heavy atom. The minimum absolute atomic E-state index is 0.0722. The van der Waals surface area contributed by atoms with E-state index < -0.39 is 18.0 Å². The van der Waals surface area contributed by atoms with E-state index in [1.54, 1.807) is 4.90 Å². The molecule has 0 aliphatic heterocycles. The molecule has 0 heterocycles. The number of carbonyl (C=O) groups excluding carboxylic acids is 1. The Hall–Kier alpha value is -1.71. The van der Waals surface area contributed by atoms with Crippen molar-refractivity contribution in [3.63, 3.8) is 0 Å². The molecule has 0 fully saturated rings. The first kappa shape index (κ1) is 21.3. The lowest BCUT2D eigenvalue weighted by Gasteiger charge is -2.21. The zero-order valence-electron chi connectivity index (χ0n) is 13.8. The Bertz CT molecular complexity index is 374. The van der Waals surface area contributed by atoms with Crippen LogP contribution in [0.5, 0.6) is 0 Å². The normalized spacial score (nSPS) is 11.9. The zero-order valence-corrected chi connectivity index (χ0v) is 13.8. The highest BCUT2D eigenvalue weighted by Crippen LogP contribution is 1.99. The largest absolute Gasteiger partial charge is 0.480 e. The molecule has 0 aromatic rings. The number of amides is 1. The molecule has 5 N–H and O–H groups in total. The van der Waals surface area contributed by atoms with Gasteiger partial charge in [-0.15, -0.1) is 0 Å². The summed E-state index contributed by atoms with van der Waals surface area (Å²) in [4.78, 5) is 35.0. The summed E-state index contributed by atoms with van der Waals surface area (Å²) in [5.41, 5.74) is 0. The fourth-order valence-electron chi connectivity index (χ4n) is 1.96. The van der Waals surface area contributed by atoms with Crippen LogP contribution in [0, 0.1) is 0 Å². The van der Waals surface area contributed by atoms with Gasteiger partial charge in [0.25, 0.3) is 0 Å². The van der Waals surface area contributed by atoms with Gasteiger partial charge in [0.15, 0.2) is 0 Å². The summed E-state index contributed by atoms with van der Waals surface area (Å²) in [6.07, 6.45) is -0.0722. The number of carboxylic acid groups (broad SMARTS) is 2. The van der Waals surface area contributed by atoms with Crippen molar-refractivity contribution in [1.29, 1.82) is 0 Å². The SMILES string of the molecule is CCN(CC)C(=O)CC(NCCNCCNCC(=O)O)C(=O)O. The van der Waals surface area contributed by atoms with Crippen molar-refractivity contribution in [2.24, 2.45) is 0 Å². The van der Waals surface area contributed by atoms with E-state index in [-0.39, 0.29) is 18.9 Å². The van der Waals surface area contributed by atoms with E-state index in [4.69, 9.17) is 10.2 Å². The average molecular weight is 332 g/mol. The zero-order chi connectivity index (χ0) is 17.7. The van der Waals surface area contributed by atoms with Crippen LogP contribution in [-0.4, -0.2) is 84.8 Å². The Labute approximate surface area is 136 Å². The minimum Gasteiger partial charge on any atom is -0.480 e. The number of carbonyl (C=O) groups is 3. The van der Waals surface area contributed by atoms with E-state index in [1.165, 1.54) is 0 Å². The van der Waals surface area contributed by atoms with Gasteiger partial charge in [-0.25, -0.2) is 0 Å². The van der Waals surface area contributed by atoms with Gasteiger partial charge in [-0.05, 0) is 13.8 Å². The predicted octanol–water partition coefficient (Wildman–Crippen LogP) is -1.45. The van der Waals surface area contributed by atoms with Crippen LogP contribution in [0.2, 0.25) is 0 Å². The standard InChI is InChI=1S/C14H28N4O5/c1-3-18(4-2)12(19)9-11(14(22)23)17-8-7-15-5-6-16-10-13(20)21/h11,15-17H,3-10H2,1-2H3,(H,20,21)(H,22,23). The summed E-state index contributed by atoms with van der Waals surface area (Å²) < 4.78 is 0. The van der Waals surface area contributed by atoms with Crippen LogP contribution in [0.4, 0.5) is 0 Å². The summed E-state index contributed by atoms with van der Waals surface area (Å²) in [7, 11) is 0. The topological polar surface area (TPSA) is 131 Å². The molecule has 0 rings (SSSR count). The highest BCUT2D eigenvalue weighted by molar-refractivity contribution is 5.84. The smallest absolute Gasteiger partial charge is 0.321 e. The van der Waals surface area contributed by atoms with Crippen LogP contribution in [0.3, 0.4) is 0 Å². The number of nitrogens with zero attached hydrogens (tertiary/aromatic N) is 1. The molecule has 0 aromatic heterocycles. The van der Waals surface area contributed by atoms with Crippen LogP contribution in [-0.2, 0) is 14.4 Å². The summed E-state index contributed by atoms with van der Waals surface area (Å²) in [5, 5.41) is 26.2. The number of nitrogens with one attached hydrogen (secondary N) is 3. The molecular weight excluding hydrogens is 304 g/mol. The van der Waals surface area contributed by atoms with Crippen LogP contribution in [0.15, 0.2) is 0 Å². The van der Waals surface area contributed by atoms with Gasteiger partial charge >= 0.3 is 11.9 Å². The van der Waals surface area contributed by atoms with Crippen molar-refractivity contribution < 1.29 is 24.6 Å². The fraction of sp³-hybridized carbons (Fsp3) is 0.786. The summed E-state index contributed by atoms with van der Waals surface area (Å²) in [6.45, 7) is 6.76. The maximum absolute atomic E-state index is 11.9. The molecule has 0 aliphatic carbocycles. The van der Waals surface area contributed by atoms with Gasteiger partial charge in [-0.1, -0.05) is 0 Å². The molecule has 0 aromatic carbocycles. The molecule has 0 bridgehead atoms. The third-order valence-electron chi connectivity index (χ3n) is 3.24. The lowest BCUT2D eigenvalue weighted by Crippen LogP contribution is -2.45. The van der Waals surface area contributed by atoms with Crippen LogP contribution in [0.1, 0.15) is 20.3 Å². The van der Waals surface area contributed by atoms with Crippen LogP contribution in [0.25, 0.3) is 0 Å². The number of carboxylic acids is 2. The quantitative estimate of drug-likeness (QED) is 0.244. The fourth-order valence-corrected chi connectivity index (χ4v) is 1.96. The first-order chi connectivity index (χ1) is 10.9. The van der Waals surface area contributed by atoms with Gasteiger partial charge < -0.3 is 31.1 Å². The molecule has 0 aliphatic rings. The first-order valence-corrected chi connectivity index (χ1v) is 7.79. The van der Waals surface area contributed by atoms with Crippen molar-refractivity contribution in [2.45, 2.75) is 26.3 Å². The molecule has 134 valence electrons. The minimum atomic E-state index is -1.05. The van der Waals surface area contributed by atoms with E-state index >= 15 is 0 Å². The first-order valence-electron chi connectivity index (χ1n) is 7.79. The van der Waals surface area contributed by atoms with Crippen molar-refractivity contribution >= 4 is 17.8 Å². The molecule has 9 heteroatoms. The second-order valence-electron chi connectivity index (χ2n) is 4.94. The number of hydrogen-bond acceptors (Lipinski definition) is 6. The van der Waals surface area contributed by atoms with Gasteiger partial charge in [-0.2, -0.15) is 0 Å². The molecule has 0 spiro atoms. The van der Waals surface area contributed by atoms with Gasteiger partial charge in [0.1, 0.15) is 6.04 Å². The molecule has 1 atom stereocenters. The Kier molecular flexibility index (Phi) is 11.8. The summed E-state index contributed by atoms with van der Waals surface area (Å²) in [5.74, 6) is -2.14. The molecule has 9 nitrogen and oxygen atoms in total. The molecular formula is C14H28N4O5. The Balaban J connectivity index is 3.91. The third-order valence-corrected chi connectivity index (χ3v) is 3.24. The lowest BCUT2D eigenvalue weighted by atomic mass is 10.2. The molecule has 23 heavy (non-hydrogen) atoms. The van der Waals surface area contributed by atoms with Crippen molar-refractivity contribution in [3.05, 3.63) is 0 Å². The average Bonchev–Trinajstić information content (AvgIpc) is 2.49. The van der Waals surface area contributed by atoms with E-state index in [1.807, 2.05) is 13.8 Å². The highest BCUT2D eigenvalue weighted by Gasteiger charge is 2.22. The Morgan fingerprint density at radius 3 is 2.04 bits per heavy atom. The van der Waals surface area contributed by atoms with E-state index in [9.17, 15) is 14.4 Å². The van der Waals surface area contributed by atoms with E-state index in [0.29, 0.717) is 39.3 Å². The summed E-state index contributed by atoms with van der Waals surface area (Å²) >= 11 is 0. The van der Waals surface area contributed by atoms with Crippen molar-refractivity contribution in [2.75, 3.05) is 45.8 Å². The summed E-state index contributed by atoms with van der Waals surface area (Å²) in [6, 6.07) is -0.907. The second kappa shape index (κ2) is 12.8. The monoisotopic (exact) mass is 332 g/mol. The predicted molar refractivity (Wildman–Crippen MR) is 85.3 cm³/mol. The maximum atomic E-state index is 11.9. The molecule has 0 saturated heterocycles. The lowest BCUT2D eigenvalue weighted by molar-refractivity contribution is -0.143. The van der Waals surface area contributed by atoms with Crippen LogP contribution < -0.4 is 16.0 Å². The highest BCUT2D eigenvalue weighted by atomic mass is 16.4.